The summed E-state index contributed by atoms with van der Waals surface area (Å²) in [7, 11) is -3.88. The first-order chi connectivity index (χ1) is 15.1. The number of sulfonamides is 1. The second-order valence-corrected chi connectivity index (χ2v) is 8.92. The third-order valence-electron chi connectivity index (χ3n) is 4.68. The SMILES string of the molecule is Cc1cc(-c2cc(C(F)F)n3ncc(C#Cc4cccc(S(N)(=O)=O)c4)c3n2)ccc1Cl. The summed E-state index contributed by atoms with van der Waals surface area (Å²) >= 11 is 6.07. The van der Waals surface area contributed by atoms with Crippen LogP contribution in [0.3, 0.4) is 0 Å². The van der Waals surface area contributed by atoms with Crippen molar-refractivity contribution in [1.29, 1.82) is 0 Å². The first kappa shape index (κ1) is 21.9. The highest BCUT2D eigenvalue weighted by Crippen LogP contribution is 2.28. The largest absolute Gasteiger partial charge is 0.280 e. The lowest BCUT2D eigenvalue weighted by Gasteiger charge is -2.09. The molecule has 0 saturated heterocycles. The summed E-state index contributed by atoms with van der Waals surface area (Å²) in [6, 6.07) is 12.2. The molecule has 0 bridgehead atoms. The lowest BCUT2D eigenvalue weighted by molar-refractivity contribution is 0.143. The van der Waals surface area contributed by atoms with Gasteiger partial charge in [0.15, 0.2) is 5.65 Å². The smallest absolute Gasteiger partial charge is 0.227 e. The third kappa shape index (κ3) is 4.34. The van der Waals surface area contributed by atoms with E-state index in [1.54, 1.807) is 24.3 Å². The van der Waals surface area contributed by atoms with Crippen molar-refractivity contribution >= 4 is 27.3 Å². The number of halogens is 3. The molecule has 0 aliphatic rings. The van der Waals surface area contributed by atoms with Crippen LogP contribution in [0.15, 0.2) is 59.6 Å². The highest BCUT2D eigenvalue weighted by molar-refractivity contribution is 7.89. The molecule has 0 spiro atoms. The molecule has 0 saturated carbocycles. The van der Waals surface area contributed by atoms with Crippen LogP contribution >= 0.6 is 11.6 Å². The average molecular weight is 473 g/mol. The van der Waals surface area contributed by atoms with Gasteiger partial charge in [0.2, 0.25) is 10.0 Å². The van der Waals surface area contributed by atoms with E-state index >= 15 is 0 Å². The van der Waals surface area contributed by atoms with Crippen LogP contribution in [0.4, 0.5) is 8.78 Å². The molecule has 2 N–H and O–H groups in total. The molecular weight excluding hydrogens is 458 g/mol. The second kappa shape index (κ2) is 8.31. The van der Waals surface area contributed by atoms with Crippen molar-refractivity contribution in [3.63, 3.8) is 0 Å². The van der Waals surface area contributed by atoms with E-state index < -0.39 is 16.4 Å². The molecule has 0 amide bonds. The maximum absolute atomic E-state index is 13.7. The van der Waals surface area contributed by atoms with E-state index in [-0.39, 0.29) is 16.2 Å². The fourth-order valence-corrected chi connectivity index (χ4v) is 3.75. The van der Waals surface area contributed by atoms with Crippen molar-refractivity contribution in [2.24, 2.45) is 5.14 Å². The van der Waals surface area contributed by atoms with Gasteiger partial charge in [-0.15, -0.1) is 0 Å². The van der Waals surface area contributed by atoms with Gasteiger partial charge < -0.3 is 0 Å². The van der Waals surface area contributed by atoms with Gasteiger partial charge in [0.25, 0.3) is 6.43 Å². The van der Waals surface area contributed by atoms with Crippen LogP contribution in [-0.2, 0) is 10.0 Å². The second-order valence-electron chi connectivity index (χ2n) is 6.95. The highest BCUT2D eigenvalue weighted by atomic mass is 35.5. The molecule has 2 aromatic heterocycles. The van der Waals surface area contributed by atoms with Gasteiger partial charge in [0, 0.05) is 16.1 Å². The molecule has 4 aromatic rings. The summed E-state index contributed by atoms with van der Waals surface area (Å²) in [4.78, 5) is 4.41. The summed E-state index contributed by atoms with van der Waals surface area (Å²) in [5.41, 5.74) is 2.24. The number of rotatable bonds is 3. The number of hydrogen-bond donors (Lipinski definition) is 1. The average Bonchev–Trinajstić information content (AvgIpc) is 3.16. The summed E-state index contributed by atoms with van der Waals surface area (Å²) < 4.78 is 51.6. The maximum Gasteiger partial charge on any atom is 0.280 e. The lowest BCUT2D eigenvalue weighted by atomic mass is 10.1. The van der Waals surface area contributed by atoms with E-state index in [9.17, 15) is 17.2 Å². The Labute approximate surface area is 187 Å². The number of alkyl halides is 2. The normalized spacial score (nSPS) is 11.6. The van der Waals surface area contributed by atoms with E-state index in [4.69, 9.17) is 16.7 Å². The predicted molar refractivity (Wildman–Crippen MR) is 117 cm³/mol. The topological polar surface area (TPSA) is 90.4 Å². The van der Waals surface area contributed by atoms with E-state index in [2.05, 4.69) is 21.9 Å². The molecular formula is C22H15ClF2N4O2S. The van der Waals surface area contributed by atoms with Crippen molar-refractivity contribution in [2.45, 2.75) is 18.2 Å². The number of hydrogen-bond acceptors (Lipinski definition) is 4. The highest BCUT2D eigenvalue weighted by Gasteiger charge is 2.18. The molecule has 6 nitrogen and oxygen atoms in total. The van der Waals surface area contributed by atoms with Crippen LogP contribution in [-0.4, -0.2) is 23.0 Å². The van der Waals surface area contributed by atoms with Crippen molar-refractivity contribution in [3.05, 3.63) is 82.1 Å². The Morgan fingerprint density at radius 3 is 2.59 bits per heavy atom. The Balaban J connectivity index is 1.85. The monoisotopic (exact) mass is 472 g/mol. The van der Waals surface area contributed by atoms with Crippen molar-refractivity contribution < 1.29 is 17.2 Å². The Bertz CT molecular complexity index is 1520. The predicted octanol–water partition coefficient (Wildman–Crippen LogP) is 4.34. The van der Waals surface area contributed by atoms with Crippen LogP contribution in [0.1, 0.15) is 28.8 Å². The molecule has 2 heterocycles. The number of aryl methyl sites for hydroxylation is 1. The number of nitrogens with zero attached hydrogens (tertiary/aromatic N) is 3. The minimum absolute atomic E-state index is 0.0809. The summed E-state index contributed by atoms with van der Waals surface area (Å²) in [6.07, 6.45) is -1.46. The number of nitrogens with two attached hydrogens (primary N) is 1. The zero-order valence-electron chi connectivity index (χ0n) is 16.6. The Morgan fingerprint density at radius 2 is 1.91 bits per heavy atom. The van der Waals surface area contributed by atoms with Crippen LogP contribution in [0.25, 0.3) is 16.9 Å². The molecule has 2 aromatic carbocycles. The molecule has 0 unspecified atom stereocenters. The fourth-order valence-electron chi connectivity index (χ4n) is 3.07. The molecule has 162 valence electrons. The minimum atomic E-state index is -3.88. The quantitative estimate of drug-likeness (QED) is 0.449. The Morgan fingerprint density at radius 1 is 1.12 bits per heavy atom. The van der Waals surface area contributed by atoms with Crippen LogP contribution in [0, 0.1) is 18.8 Å². The zero-order valence-corrected chi connectivity index (χ0v) is 18.1. The Kier molecular flexibility index (Phi) is 5.69. The van der Waals surface area contributed by atoms with E-state index in [0.717, 1.165) is 10.1 Å². The zero-order chi connectivity index (χ0) is 23.0. The molecule has 32 heavy (non-hydrogen) atoms. The van der Waals surface area contributed by atoms with E-state index in [1.165, 1.54) is 30.5 Å². The lowest BCUT2D eigenvalue weighted by Crippen LogP contribution is -2.11. The molecule has 0 fully saturated rings. The molecule has 4 rings (SSSR count). The number of aromatic nitrogens is 3. The van der Waals surface area contributed by atoms with Gasteiger partial charge in [-0.05, 0) is 48.9 Å². The van der Waals surface area contributed by atoms with E-state index in [1.807, 2.05) is 6.92 Å². The van der Waals surface area contributed by atoms with Gasteiger partial charge in [-0.25, -0.2) is 31.8 Å². The maximum atomic E-state index is 13.7. The van der Waals surface area contributed by atoms with Crippen LogP contribution in [0.5, 0.6) is 0 Å². The number of benzene rings is 2. The first-order valence-electron chi connectivity index (χ1n) is 9.22. The van der Waals surface area contributed by atoms with Gasteiger partial charge in [-0.2, -0.15) is 5.10 Å². The van der Waals surface area contributed by atoms with Crippen molar-refractivity contribution in [3.8, 4) is 23.1 Å². The molecule has 0 aliphatic heterocycles. The summed E-state index contributed by atoms with van der Waals surface area (Å²) in [6.45, 7) is 1.81. The Hall–Kier alpha value is -3.32. The molecule has 0 radical (unpaired) electrons. The van der Waals surface area contributed by atoms with Gasteiger partial charge in [0.05, 0.1) is 22.3 Å². The van der Waals surface area contributed by atoms with Gasteiger partial charge >= 0.3 is 0 Å². The van der Waals surface area contributed by atoms with Crippen LogP contribution in [0.2, 0.25) is 5.02 Å². The number of fused-ring (bicyclic) bond motifs is 1. The van der Waals surface area contributed by atoms with Crippen molar-refractivity contribution in [1.82, 2.24) is 14.6 Å². The van der Waals surface area contributed by atoms with Crippen molar-refractivity contribution in [2.75, 3.05) is 0 Å². The van der Waals surface area contributed by atoms with Gasteiger partial charge in [-0.1, -0.05) is 35.6 Å². The summed E-state index contributed by atoms with van der Waals surface area (Å²) in [5.74, 6) is 5.64. The molecule has 10 heteroatoms. The standard InChI is InChI=1S/C22H15ClF2N4O2S/c1-13-9-15(7-8-18(13)23)19-11-20(21(24)25)29-22(28-19)16(12-27-29)6-5-14-3-2-4-17(10-14)32(26,30)31/h2-4,7-12,21H,1H3,(H2,26,30,31). The fraction of sp³-hybridized carbons (Fsp3) is 0.0909. The van der Waals surface area contributed by atoms with Crippen LogP contribution < -0.4 is 5.14 Å². The first-order valence-corrected chi connectivity index (χ1v) is 11.1. The summed E-state index contributed by atoms with van der Waals surface area (Å²) in [5, 5.41) is 9.72. The van der Waals surface area contributed by atoms with E-state index in [0.29, 0.717) is 27.4 Å². The minimum Gasteiger partial charge on any atom is -0.227 e. The molecule has 0 atom stereocenters. The number of primary sulfonamides is 1. The van der Waals surface area contributed by atoms with Gasteiger partial charge in [0.1, 0.15) is 5.69 Å². The third-order valence-corrected chi connectivity index (χ3v) is 6.02. The molecule has 0 aliphatic carbocycles. The van der Waals surface area contributed by atoms with Gasteiger partial charge in [-0.3, -0.25) is 0 Å².